The molecular formula is C22H30N2O2. The lowest BCUT2D eigenvalue weighted by Crippen LogP contribution is -2.55. The Bertz CT molecular complexity index is 725. The van der Waals surface area contributed by atoms with Crippen LogP contribution < -0.4 is 0 Å². The fourth-order valence-corrected chi connectivity index (χ4v) is 4.72. The maximum atomic E-state index is 12.9. The zero-order valence-electron chi connectivity index (χ0n) is 16.1. The van der Waals surface area contributed by atoms with Crippen molar-refractivity contribution >= 4 is 11.8 Å². The van der Waals surface area contributed by atoms with E-state index >= 15 is 0 Å². The Morgan fingerprint density at radius 3 is 2.69 bits per heavy atom. The summed E-state index contributed by atoms with van der Waals surface area (Å²) in [6.07, 6.45) is 6.64. The van der Waals surface area contributed by atoms with Crippen molar-refractivity contribution in [3.63, 3.8) is 0 Å². The molecule has 140 valence electrons. The SMILES string of the molecule is Cc1ccc(CC(=O)N2CCC[C@]3(CCC(=O)N(C4CC4)C3)C2)cc1C. The van der Waals surface area contributed by atoms with Crippen molar-refractivity contribution in [1.29, 1.82) is 0 Å². The van der Waals surface area contributed by atoms with Crippen molar-refractivity contribution in [3.8, 4) is 0 Å². The first-order valence-corrected chi connectivity index (χ1v) is 10.1. The molecule has 3 fully saturated rings. The van der Waals surface area contributed by atoms with Gasteiger partial charge in [0.05, 0.1) is 6.42 Å². The van der Waals surface area contributed by atoms with Gasteiger partial charge in [0.1, 0.15) is 0 Å². The molecule has 1 aromatic carbocycles. The van der Waals surface area contributed by atoms with Crippen molar-refractivity contribution in [2.24, 2.45) is 5.41 Å². The van der Waals surface area contributed by atoms with Crippen LogP contribution in [0.5, 0.6) is 0 Å². The molecule has 0 radical (unpaired) electrons. The number of benzene rings is 1. The molecule has 0 bridgehead atoms. The fraction of sp³-hybridized carbons (Fsp3) is 0.636. The number of amides is 2. The summed E-state index contributed by atoms with van der Waals surface area (Å²) in [7, 11) is 0. The normalized spacial score (nSPS) is 26.5. The van der Waals surface area contributed by atoms with E-state index < -0.39 is 0 Å². The predicted molar refractivity (Wildman–Crippen MR) is 102 cm³/mol. The zero-order valence-corrected chi connectivity index (χ0v) is 16.1. The van der Waals surface area contributed by atoms with Gasteiger partial charge in [0.15, 0.2) is 0 Å². The number of nitrogens with zero attached hydrogens (tertiary/aromatic N) is 2. The second kappa shape index (κ2) is 6.71. The molecule has 0 N–H and O–H groups in total. The summed E-state index contributed by atoms with van der Waals surface area (Å²) in [6, 6.07) is 6.81. The van der Waals surface area contributed by atoms with Crippen LogP contribution in [0.2, 0.25) is 0 Å². The Hall–Kier alpha value is -1.84. The van der Waals surface area contributed by atoms with E-state index in [9.17, 15) is 9.59 Å². The van der Waals surface area contributed by atoms with Gasteiger partial charge in [0.2, 0.25) is 11.8 Å². The van der Waals surface area contributed by atoms with Crippen LogP contribution in [0.3, 0.4) is 0 Å². The Balaban J connectivity index is 1.43. The lowest BCUT2D eigenvalue weighted by Gasteiger charge is -2.48. The highest BCUT2D eigenvalue weighted by atomic mass is 16.2. The average molecular weight is 354 g/mol. The molecule has 1 atom stereocenters. The minimum absolute atomic E-state index is 0.133. The predicted octanol–water partition coefficient (Wildman–Crippen LogP) is 3.24. The third kappa shape index (κ3) is 3.51. The molecular weight excluding hydrogens is 324 g/mol. The highest BCUT2D eigenvalue weighted by molar-refractivity contribution is 5.80. The second-order valence-corrected chi connectivity index (χ2v) is 8.77. The highest BCUT2D eigenvalue weighted by Crippen LogP contribution is 2.42. The molecule has 26 heavy (non-hydrogen) atoms. The van der Waals surface area contributed by atoms with Gasteiger partial charge >= 0.3 is 0 Å². The van der Waals surface area contributed by atoms with Gasteiger partial charge < -0.3 is 9.80 Å². The van der Waals surface area contributed by atoms with Gasteiger partial charge in [-0.15, -0.1) is 0 Å². The standard InChI is InChI=1S/C22H30N2O2/c1-16-4-5-18(12-17(16)2)13-21(26)23-11-3-9-22(14-23)10-8-20(25)24(15-22)19-6-7-19/h4-5,12,19H,3,6-11,13-15H2,1-2H3/t22-/m0/s1. The van der Waals surface area contributed by atoms with Crippen LogP contribution in [0.15, 0.2) is 18.2 Å². The molecule has 1 saturated carbocycles. The third-order valence-electron chi connectivity index (χ3n) is 6.62. The van der Waals surface area contributed by atoms with Gasteiger partial charge in [-0.2, -0.15) is 0 Å². The monoisotopic (exact) mass is 354 g/mol. The highest BCUT2D eigenvalue weighted by Gasteiger charge is 2.46. The molecule has 0 aromatic heterocycles. The summed E-state index contributed by atoms with van der Waals surface area (Å²) in [6.45, 7) is 6.76. The first-order chi connectivity index (χ1) is 12.5. The molecule has 2 saturated heterocycles. The summed E-state index contributed by atoms with van der Waals surface area (Å²) in [5.74, 6) is 0.568. The minimum atomic E-state index is 0.133. The second-order valence-electron chi connectivity index (χ2n) is 8.77. The third-order valence-corrected chi connectivity index (χ3v) is 6.62. The molecule has 0 unspecified atom stereocenters. The summed E-state index contributed by atoms with van der Waals surface area (Å²) >= 11 is 0. The Labute approximate surface area is 156 Å². The van der Waals surface area contributed by atoms with E-state index in [-0.39, 0.29) is 11.3 Å². The van der Waals surface area contributed by atoms with Crippen LogP contribution in [0.25, 0.3) is 0 Å². The van der Waals surface area contributed by atoms with Crippen LogP contribution in [-0.4, -0.2) is 47.3 Å². The first-order valence-electron chi connectivity index (χ1n) is 10.1. The Kier molecular flexibility index (Phi) is 4.54. The number of hydrogen-bond acceptors (Lipinski definition) is 2. The van der Waals surface area contributed by atoms with Crippen molar-refractivity contribution < 1.29 is 9.59 Å². The minimum Gasteiger partial charge on any atom is -0.342 e. The van der Waals surface area contributed by atoms with E-state index in [1.165, 1.54) is 11.1 Å². The van der Waals surface area contributed by atoms with E-state index in [0.29, 0.717) is 24.8 Å². The number of carbonyl (C=O) groups is 2. The number of likely N-dealkylation sites (tertiary alicyclic amines) is 2. The number of carbonyl (C=O) groups excluding carboxylic acids is 2. The largest absolute Gasteiger partial charge is 0.342 e. The van der Waals surface area contributed by atoms with Crippen LogP contribution in [0.1, 0.15) is 55.2 Å². The van der Waals surface area contributed by atoms with Crippen LogP contribution in [0, 0.1) is 19.3 Å². The molecule has 1 aromatic rings. The van der Waals surface area contributed by atoms with Gasteiger partial charge in [-0.3, -0.25) is 9.59 Å². The molecule has 4 rings (SSSR count). The maximum Gasteiger partial charge on any atom is 0.227 e. The van der Waals surface area contributed by atoms with Gasteiger partial charge in [0.25, 0.3) is 0 Å². The van der Waals surface area contributed by atoms with Gasteiger partial charge in [0, 0.05) is 37.5 Å². The van der Waals surface area contributed by atoms with Gasteiger partial charge in [-0.1, -0.05) is 18.2 Å². The summed E-state index contributed by atoms with van der Waals surface area (Å²) in [5, 5.41) is 0. The lowest BCUT2D eigenvalue weighted by molar-refractivity contribution is -0.143. The van der Waals surface area contributed by atoms with Crippen molar-refractivity contribution in [3.05, 3.63) is 34.9 Å². The molecule has 2 amide bonds. The van der Waals surface area contributed by atoms with Crippen molar-refractivity contribution in [2.75, 3.05) is 19.6 Å². The summed E-state index contributed by atoms with van der Waals surface area (Å²) in [5.41, 5.74) is 3.76. The molecule has 4 heteroatoms. The van der Waals surface area contributed by atoms with E-state index in [4.69, 9.17) is 0 Å². The van der Waals surface area contributed by atoms with E-state index in [2.05, 4.69) is 41.8 Å². The number of aryl methyl sites for hydroxylation is 2. The smallest absolute Gasteiger partial charge is 0.227 e. The van der Waals surface area contributed by atoms with Crippen LogP contribution in [-0.2, 0) is 16.0 Å². The first kappa shape index (κ1) is 17.6. The number of rotatable bonds is 3. The van der Waals surface area contributed by atoms with Gasteiger partial charge in [-0.05, 0) is 62.6 Å². The topological polar surface area (TPSA) is 40.6 Å². The van der Waals surface area contributed by atoms with Crippen LogP contribution in [0.4, 0.5) is 0 Å². The molecule has 2 heterocycles. The molecule has 1 aliphatic carbocycles. The van der Waals surface area contributed by atoms with E-state index in [1.807, 2.05) is 0 Å². The average Bonchev–Trinajstić information content (AvgIpc) is 3.46. The van der Waals surface area contributed by atoms with Crippen molar-refractivity contribution in [1.82, 2.24) is 9.80 Å². The van der Waals surface area contributed by atoms with Crippen LogP contribution >= 0.6 is 0 Å². The molecule has 3 aliphatic rings. The Morgan fingerprint density at radius 1 is 1.15 bits per heavy atom. The number of piperidine rings is 2. The summed E-state index contributed by atoms with van der Waals surface area (Å²) < 4.78 is 0. The summed E-state index contributed by atoms with van der Waals surface area (Å²) in [4.78, 5) is 29.4. The van der Waals surface area contributed by atoms with E-state index in [0.717, 1.165) is 57.3 Å². The Morgan fingerprint density at radius 2 is 1.96 bits per heavy atom. The maximum absolute atomic E-state index is 12.9. The number of hydrogen-bond donors (Lipinski definition) is 0. The molecule has 4 nitrogen and oxygen atoms in total. The quantitative estimate of drug-likeness (QED) is 0.836. The van der Waals surface area contributed by atoms with Crippen molar-refractivity contribution in [2.45, 2.75) is 64.8 Å². The van der Waals surface area contributed by atoms with E-state index in [1.54, 1.807) is 0 Å². The fourth-order valence-electron chi connectivity index (χ4n) is 4.72. The lowest BCUT2D eigenvalue weighted by atomic mass is 9.73. The zero-order chi connectivity index (χ0) is 18.3. The molecule has 2 aliphatic heterocycles. The molecule has 1 spiro atoms. The van der Waals surface area contributed by atoms with Gasteiger partial charge in [-0.25, -0.2) is 0 Å².